The Bertz CT molecular complexity index is 915. The number of hydrogen-bond acceptors (Lipinski definition) is 5. The standard InChI is InChI=1S/C15H15ClN4O2S/c1-7(2)5-9(16)15(22)20-11-4-3-10-12(8(11)6-18-20)23-14(19-10)13(17)21/h3-4,6-7,9H,5H2,1-2H3,(H2,17,21). The van der Waals surface area contributed by atoms with E-state index < -0.39 is 11.3 Å². The number of nitrogens with two attached hydrogens (primary N) is 1. The molecule has 2 aromatic heterocycles. The van der Waals surface area contributed by atoms with Gasteiger partial charge in [-0.2, -0.15) is 9.78 Å². The Hall–Kier alpha value is -1.99. The fourth-order valence-electron chi connectivity index (χ4n) is 2.42. The van der Waals surface area contributed by atoms with Crippen LogP contribution >= 0.6 is 22.9 Å². The van der Waals surface area contributed by atoms with Gasteiger partial charge in [0.05, 0.1) is 21.9 Å². The number of benzene rings is 1. The highest BCUT2D eigenvalue weighted by atomic mass is 35.5. The molecule has 23 heavy (non-hydrogen) atoms. The molecule has 0 aliphatic rings. The minimum absolute atomic E-state index is 0.238. The van der Waals surface area contributed by atoms with Gasteiger partial charge in [0.1, 0.15) is 5.38 Å². The van der Waals surface area contributed by atoms with Crippen molar-refractivity contribution in [2.24, 2.45) is 11.7 Å². The molecule has 1 unspecified atom stereocenters. The number of nitrogens with zero attached hydrogens (tertiary/aromatic N) is 3. The number of carbonyl (C=O) groups is 2. The molecule has 1 aromatic carbocycles. The molecule has 0 aliphatic heterocycles. The lowest BCUT2D eigenvalue weighted by Gasteiger charge is -2.11. The highest BCUT2D eigenvalue weighted by Crippen LogP contribution is 2.30. The molecule has 0 fully saturated rings. The van der Waals surface area contributed by atoms with Crippen LogP contribution in [0.2, 0.25) is 0 Å². The van der Waals surface area contributed by atoms with Crippen molar-refractivity contribution in [2.75, 3.05) is 0 Å². The van der Waals surface area contributed by atoms with Crippen molar-refractivity contribution in [1.29, 1.82) is 0 Å². The van der Waals surface area contributed by atoms with Gasteiger partial charge in [0.25, 0.3) is 11.8 Å². The predicted molar refractivity (Wildman–Crippen MR) is 91.2 cm³/mol. The molecule has 3 aromatic rings. The number of thiazole rings is 1. The highest BCUT2D eigenvalue weighted by molar-refractivity contribution is 7.21. The fourth-order valence-corrected chi connectivity index (χ4v) is 3.79. The number of primary amides is 1. The minimum Gasteiger partial charge on any atom is -0.364 e. The van der Waals surface area contributed by atoms with Crippen molar-refractivity contribution >= 4 is 55.9 Å². The minimum atomic E-state index is -0.628. The number of rotatable bonds is 4. The molecule has 2 heterocycles. The molecule has 6 nitrogen and oxygen atoms in total. The molecule has 0 radical (unpaired) electrons. The molecule has 0 bridgehead atoms. The second kappa shape index (κ2) is 5.90. The Balaban J connectivity index is 2.09. The molecule has 1 amide bonds. The van der Waals surface area contributed by atoms with Crippen LogP contribution in [-0.4, -0.2) is 32.0 Å². The lowest BCUT2D eigenvalue weighted by Crippen LogP contribution is -2.24. The summed E-state index contributed by atoms with van der Waals surface area (Å²) >= 11 is 7.40. The van der Waals surface area contributed by atoms with Gasteiger partial charge in [-0.15, -0.1) is 22.9 Å². The van der Waals surface area contributed by atoms with E-state index in [9.17, 15) is 9.59 Å². The molecular weight excluding hydrogens is 336 g/mol. The molecular formula is C15H15ClN4O2S. The molecule has 3 rings (SSSR count). The Morgan fingerprint density at radius 2 is 2.13 bits per heavy atom. The van der Waals surface area contributed by atoms with E-state index >= 15 is 0 Å². The number of alkyl halides is 1. The first kappa shape index (κ1) is 15.9. The van der Waals surface area contributed by atoms with Gasteiger partial charge < -0.3 is 5.73 Å². The van der Waals surface area contributed by atoms with Gasteiger partial charge in [0.15, 0.2) is 5.01 Å². The van der Waals surface area contributed by atoms with Gasteiger partial charge in [-0.3, -0.25) is 9.59 Å². The Kier molecular flexibility index (Phi) is 4.08. The average Bonchev–Trinajstić information content (AvgIpc) is 3.08. The van der Waals surface area contributed by atoms with Crippen molar-refractivity contribution in [1.82, 2.24) is 14.8 Å². The second-order valence-electron chi connectivity index (χ2n) is 5.72. The summed E-state index contributed by atoms with van der Waals surface area (Å²) in [5.74, 6) is -0.510. The van der Waals surface area contributed by atoms with E-state index in [0.717, 1.165) is 10.1 Å². The van der Waals surface area contributed by atoms with E-state index in [4.69, 9.17) is 17.3 Å². The molecule has 0 spiro atoms. The third kappa shape index (κ3) is 2.82. The van der Waals surface area contributed by atoms with Crippen LogP contribution in [0.5, 0.6) is 0 Å². The van der Waals surface area contributed by atoms with Gasteiger partial charge in [-0.25, -0.2) is 4.98 Å². The number of halogens is 1. The van der Waals surface area contributed by atoms with Crippen LogP contribution in [0, 0.1) is 5.92 Å². The van der Waals surface area contributed by atoms with E-state index in [1.54, 1.807) is 18.3 Å². The highest BCUT2D eigenvalue weighted by Gasteiger charge is 2.22. The van der Waals surface area contributed by atoms with E-state index in [1.807, 2.05) is 13.8 Å². The maximum absolute atomic E-state index is 12.5. The number of carbonyl (C=O) groups excluding carboxylic acids is 2. The SMILES string of the molecule is CC(C)CC(Cl)C(=O)n1ncc2c3sc(C(N)=O)nc3ccc21. The summed E-state index contributed by atoms with van der Waals surface area (Å²) in [6.45, 7) is 4.02. The van der Waals surface area contributed by atoms with Crippen LogP contribution in [0.25, 0.3) is 21.1 Å². The smallest absolute Gasteiger partial charge is 0.277 e. The van der Waals surface area contributed by atoms with Crippen LogP contribution in [0.15, 0.2) is 18.3 Å². The topological polar surface area (TPSA) is 90.9 Å². The Morgan fingerprint density at radius 3 is 2.78 bits per heavy atom. The summed E-state index contributed by atoms with van der Waals surface area (Å²) in [4.78, 5) is 28.0. The third-order valence-electron chi connectivity index (χ3n) is 3.47. The van der Waals surface area contributed by atoms with Crippen LogP contribution in [0.4, 0.5) is 0 Å². The Labute approximate surface area is 141 Å². The first-order valence-corrected chi connectivity index (χ1v) is 8.39. The van der Waals surface area contributed by atoms with E-state index in [1.165, 1.54) is 16.0 Å². The summed E-state index contributed by atoms with van der Waals surface area (Å²) in [6.07, 6.45) is 2.17. The summed E-state index contributed by atoms with van der Waals surface area (Å²) in [6, 6.07) is 3.50. The van der Waals surface area contributed by atoms with Crippen molar-refractivity contribution in [3.63, 3.8) is 0 Å². The Morgan fingerprint density at radius 1 is 1.39 bits per heavy atom. The van der Waals surface area contributed by atoms with Crippen molar-refractivity contribution in [2.45, 2.75) is 25.6 Å². The average molecular weight is 351 g/mol. The van der Waals surface area contributed by atoms with E-state index in [2.05, 4.69) is 10.1 Å². The second-order valence-corrected chi connectivity index (χ2v) is 7.25. The summed E-state index contributed by atoms with van der Waals surface area (Å²) < 4.78 is 2.10. The number of amides is 1. The van der Waals surface area contributed by atoms with Crippen molar-refractivity contribution in [3.8, 4) is 0 Å². The van der Waals surface area contributed by atoms with Crippen LogP contribution < -0.4 is 5.73 Å². The fraction of sp³-hybridized carbons (Fsp3) is 0.333. The molecule has 0 saturated heterocycles. The van der Waals surface area contributed by atoms with Crippen molar-refractivity contribution < 1.29 is 9.59 Å². The monoisotopic (exact) mass is 350 g/mol. The lowest BCUT2D eigenvalue weighted by molar-refractivity contribution is 0.0889. The first-order chi connectivity index (χ1) is 10.9. The van der Waals surface area contributed by atoms with Gasteiger partial charge in [-0.1, -0.05) is 13.8 Å². The molecule has 0 saturated carbocycles. The molecule has 0 aliphatic carbocycles. The zero-order valence-corrected chi connectivity index (χ0v) is 14.2. The maximum Gasteiger partial charge on any atom is 0.277 e. The lowest BCUT2D eigenvalue weighted by atomic mass is 10.1. The normalized spacial score (nSPS) is 13.0. The summed E-state index contributed by atoms with van der Waals surface area (Å²) in [5, 5.41) is 4.54. The van der Waals surface area contributed by atoms with Crippen LogP contribution in [-0.2, 0) is 0 Å². The largest absolute Gasteiger partial charge is 0.364 e. The molecule has 8 heteroatoms. The van der Waals surface area contributed by atoms with Crippen LogP contribution in [0.1, 0.15) is 34.9 Å². The van der Waals surface area contributed by atoms with Crippen molar-refractivity contribution in [3.05, 3.63) is 23.3 Å². The van der Waals surface area contributed by atoms with Gasteiger partial charge >= 0.3 is 0 Å². The number of fused-ring (bicyclic) bond motifs is 3. The van der Waals surface area contributed by atoms with E-state index in [0.29, 0.717) is 23.4 Å². The van der Waals surface area contributed by atoms with Crippen LogP contribution in [0.3, 0.4) is 0 Å². The number of aromatic nitrogens is 3. The van der Waals surface area contributed by atoms with Gasteiger partial charge in [0.2, 0.25) is 0 Å². The van der Waals surface area contributed by atoms with E-state index in [-0.39, 0.29) is 10.9 Å². The maximum atomic E-state index is 12.5. The summed E-state index contributed by atoms with van der Waals surface area (Å²) in [7, 11) is 0. The molecule has 2 N–H and O–H groups in total. The summed E-state index contributed by atoms with van der Waals surface area (Å²) in [5.41, 5.74) is 6.59. The third-order valence-corrected chi connectivity index (χ3v) is 4.95. The zero-order chi connectivity index (χ0) is 16.7. The van der Waals surface area contributed by atoms with Gasteiger partial charge in [-0.05, 0) is 24.5 Å². The zero-order valence-electron chi connectivity index (χ0n) is 12.6. The quantitative estimate of drug-likeness (QED) is 0.732. The predicted octanol–water partition coefficient (Wildman–Crippen LogP) is 3.04. The number of hydrogen-bond donors (Lipinski definition) is 1. The molecule has 120 valence electrons. The van der Waals surface area contributed by atoms with Gasteiger partial charge in [0, 0.05) is 5.39 Å². The first-order valence-electron chi connectivity index (χ1n) is 7.14. The molecule has 1 atom stereocenters.